The predicted molar refractivity (Wildman–Crippen MR) is 165 cm³/mol. The smallest absolute Gasteiger partial charge is 0.139 e. The van der Waals surface area contributed by atoms with Gasteiger partial charge in [0, 0.05) is 28.9 Å². The van der Waals surface area contributed by atoms with Crippen LogP contribution < -0.4 is 15.8 Å². The lowest BCUT2D eigenvalue weighted by molar-refractivity contribution is -0.0498. The first kappa shape index (κ1) is 29.6. The number of hydrogen-bond donors (Lipinski definition) is 1. The maximum atomic E-state index is 14.0. The van der Waals surface area contributed by atoms with E-state index in [1.807, 2.05) is 61.5 Å². The molecule has 2 aliphatic rings. The molecule has 3 aromatic rings. The average Bonchev–Trinajstić information content (AvgIpc) is 3.75. The van der Waals surface area contributed by atoms with E-state index in [4.69, 9.17) is 26.8 Å². The average molecular weight is 568 g/mol. The van der Waals surface area contributed by atoms with Crippen LogP contribution in [0.25, 0.3) is 0 Å². The van der Waals surface area contributed by atoms with Gasteiger partial charge in [0.05, 0.1) is 13.2 Å². The van der Waals surface area contributed by atoms with Crippen molar-refractivity contribution >= 4 is 31.8 Å². The Hall–Kier alpha value is -2.39. The fraction of sp³-hybridized carbons (Fsp3) is 0.394. The highest BCUT2D eigenvalue weighted by Gasteiger charge is 2.38. The van der Waals surface area contributed by atoms with Crippen molar-refractivity contribution in [1.29, 1.82) is 0 Å². The standard InChI is InChI=1S/C18H21ClNO2P.C15H19F/c1-12-10-13(19)2-4-15(12)18(6-8-21-9-7-18)22-16-5-3-14(20)11-17(16)23;1-3-15(2,16)14-10-8-13(9-11-14)7-6-12-4-5-12/h2-5,10-11H,6-9,20,23H2,1H3;6,8-11H,3-5,7H2,1-2H3. The Morgan fingerprint density at radius 3 is 2.36 bits per heavy atom. The molecule has 5 rings (SSSR count). The number of aryl methyl sites for hydroxylation is 1. The zero-order valence-electron chi connectivity index (χ0n) is 23.2. The van der Waals surface area contributed by atoms with Gasteiger partial charge in [-0.25, -0.2) is 4.39 Å². The molecule has 0 aromatic heterocycles. The summed E-state index contributed by atoms with van der Waals surface area (Å²) in [4.78, 5) is 0. The lowest BCUT2D eigenvalue weighted by Crippen LogP contribution is -2.40. The van der Waals surface area contributed by atoms with Crippen LogP contribution in [0.1, 0.15) is 68.2 Å². The van der Waals surface area contributed by atoms with Gasteiger partial charge >= 0.3 is 0 Å². The third-order valence-electron chi connectivity index (χ3n) is 7.70. The van der Waals surface area contributed by atoms with E-state index in [1.165, 1.54) is 24.0 Å². The van der Waals surface area contributed by atoms with Gasteiger partial charge in [0.25, 0.3) is 0 Å². The number of rotatable bonds is 7. The number of halogens is 2. The van der Waals surface area contributed by atoms with Gasteiger partial charge in [0.2, 0.25) is 0 Å². The molecular formula is C33H40ClFNO2P. The second kappa shape index (κ2) is 12.9. The Kier molecular flexibility index (Phi) is 9.75. The van der Waals surface area contributed by atoms with Crippen LogP contribution in [0.2, 0.25) is 5.02 Å². The molecule has 3 nitrogen and oxygen atoms in total. The van der Waals surface area contributed by atoms with Crippen molar-refractivity contribution in [3.8, 4) is 5.75 Å². The summed E-state index contributed by atoms with van der Waals surface area (Å²) >= 11 is 6.12. The van der Waals surface area contributed by atoms with Crippen LogP contribution >= 0.6 is 20.8 Å². The van der Waals surface area contributed by atoms with Gasteiger partial charge in [-0.2, -0.15) is 0 Å². The van der Waals surface area contributed by atoms with Crippen molar-refractivity contribution in [2.24, 2.45) is 0 Å². The molecule has 1 aliphatic carbocycles. The fourth-order valence-electron chi connectivity index (χ4n) is 4.87. The van der Waals surface area contributed by atoms with Crippen molar-refractivity contribution in [2.75, 3.05) is 18.9 Å². The van der Waals surface area contributed by atoms with Crippen LogP contribution in [-0.4, -0.2) is 13.2 Å². The first-order valence-electron chi connectivity index (χ1n) is 13.8. The van der Waals surface area contributed by atoms with Crippen molar-refractivity contribution in [1.82, 2.24) is 0 Å². The molecule has 1 saturated carbocycles. The van der Waals surface area contributed by atoms with Gasteiger partial charge in [0.15, 0.2) is 0 Å². The van der Waals surface area contributed by atoms with Crippen LogP contribution in [0, 0.1) is 6.92 Å². The van der Waals surface area contributed by atoms with E-state index in [0.717, 1.165) is 52.2 Å². The number of nitrogens with two attached hydrogens (primary N) is 1. The number of anilines is 1. The third-order valence-corrected chi connectivity index (χ3v) is 8.39. The van der Waals surface area contributed by atoms with Crippen molar-refractivity contribution in [3.63, 3.8) is 0 Å². The molecule has 39 heavy (non-hydrogen) atoms. The van der Waals surface area contributed by atoms with E-state index in [9.17, 15) is 4.39 Å². The molecule has 0 amide bonds. The normalized spacial score (nSPS) is 17.4. The summed E-state index contributed by atoms with van der Waals surface area (Å²) in [6.07, 6.45) is 7.98. The quantitative estimate of drug-likeness (QED) is 0.177. The summed E-state index contributed by atoms with van der Waals surface area (Å²) in [7, 11) is 2.70. The molecule has 0 bridgehead atoms. The van der Waals surface area contributed by atoms with E-state index >= 15 is 0 Å². The van der Waals surface area contributed by atoms with E-state index in [-0.39, 0.29) is 0 Å². The van der Waals surface area contributed by atoms with Crippen molar-refractivity contribution < 1.29 is 13.9 Å². The number of allylic oxidation sites excluding steroid dienone is 2. The number of ether oxygens (including phenoxy) is 2. The summed E-state index contributed by atoms with van der Waals surface area (Å²) in [5.74, 6) is 0.834. The van der Waals surface area contributed by atoms with Gasteiger partial charge < -0.3 is 15.2 Å². The molecular weight excluding hydrogens is 528 g/mol. The van der Waals surface area contributed by atoms with Crippen molar-refractivity contribution in [2.45, 2.75) is 70.6 Å². The second-order valence-corrected chi connectivity index (χ2v) is 11.8. The Morgan fingerprint density at radius 1 is 1.08 bits per heavy atom. The van der Waals surface area contributed by atoms with Crippen LogP contribution in [0.3, 0.4) is 0 Å². The van der Waals surface area contributed by atoms with Gasteiger partial charge in [-0.15, -0.1) is 9.24 Å². The van der Waals surface area contributed by atoms with Crippen LogP contribution in [-0.2, 0) is 22.4 Å². The minimum absolute atomic E-state index is 0.394. The maximum absolute atomic E-state index is 14.0. The summed E-state index contributed by atoms with van der Waals surface area (Å²) < 4.78 is 26.1. The molecule has 2 fully saturated rings. The molecule has 2 unspecified atom stereocenters. The molecule has 208 valence electrons. The molecule has 1 aliphatic heterocycles. The van der Waals surface area contributed by atoms with Crippen LogP contribution in [0.4, 0.5) is 10.1 Å². The highest BCUT2D eigenvalue weighted by Crippen LogP contribution is 2.39. The summed E-state index contributed by atoms with van der Waals surface area (Å²) in [6, 6.07) is 19.6. The summed E-state index contributed by atoms with van der Waals surface area (Å²) in [5, 5.41) is 1.70. The first-order valence-corrected chi connectivity index (χ1v) is 14.7. The molecule has 0 radical (unpaired) electrons. The van der Waals surface area contributed by atoms with Gasteiger partial charge in [0.1, 0.15) is 17.0 Å². The Bertz CT molecular complexity index is 1290. The fourth-order valence-corrected chi connectivity index (χ4v) is 5.44. The molecule has 2 N–H and O–H groups in total. The SMILES string of the molecule is CCC(C)(F)c1ccc(CC=C2CC2)cc1.Cc1cc(Cl)ccc1C1(Oc2ccc(N)cc2P)CCOCC1. The maximum Gasteiger partial charge on any atom is 0.139 e. The van der Waals surface area contributed by atoms with E-state index in [1.54, 1.807) is 12.5 Å². The zero-order valence-corrected chi connectivity index (χ0v) is 25.1. The zero-order chi connectivity index (χ0) is 28.0. The highest BCUT2D eigenvalue weighted by atomic mass is 35.5. The summed E-state index contributed by atoms with van der Waals surface area (Å²) in [5.41, 5.74) is 10.9. The largest absolute Gasteiger partial charge is 0.482 e. The molecule has 1 saturated heterocycles. The number of nitrogen functional groups attached to an aromatic ring is 1. The monoisotopic (exact) mass is 567 g/mol. The summed E-state index contributed by atoms with van der Waals surface area (Å²) in [6.45, 7) is 6.97. The third kappa shape index (κ3) is 7.84. The predicted octanol–water partition coefficient (Wildman–Crippen LogP) is 8.36. The molecule has 3 aromatic carbocycles. The Balaban J connectivity index is 0.000000193. The molecule has 2 atom stereocenters. The Morgan fingerprint density at radius 2 is 1.77 bits per heavy atom. The highest BCUT2D eigenvalue weighted by molar-refractivity contribution is 7.27. The van der Waals surface area contributed by atoms with E-state index < -0.39 is 11.3 Å². The molecule has 1 heterocycles. The van der Waals surface area contributed by atoms with Crippen LogP contribution in [0.5, 0.6) is 5.75 Å². The van der Waals surface area contributed by atoms with Gasteiger partial charge in [-0.3, -0.25) is 0 Å². The van der Waals surface area contributed by atoms with Crippen LogP contribution in [0.15, 0.2) is 72.3 Å². The van der Waals surface area contributed by atoms with E-state index in [0.29, 0.717) is 19.6 Å². The molecule has 6 heteroatoms. The lowest BCUT2D eigenvalue weighted by Gasteiger charge is -2.39. The topological polar surface area (TPSA) is 44.5 Å². The minimum Gasteiger partial charge on any atom is -0.482 e. The van der Waals surface area contributed by atoms with Crippen molar-refractivity contribution in [3.05, 3.63) is 99.6 Å². The number of hydrogen-bond acceptors (Lipinski definition) is 3. The van der Waals surface area contributed by atoms with E-state index in [2.05, 4.69) is 28.3 Å². The van der Waals surface area contributed by atoms with Gasteiger partial charge in [-0.1, -0.05) is 60.5 Å². The minimum atomic E-state index is -1.19. The molecule has 0 spiro atoms. The number of benzene rings is 3. The first-order chi connectivity index (χ1) is 18.6. The second-order valence-electron chi connectivity index (χ2n) is 10.8. The van der Waals surface area contributed by atoms with Gasteiger partial charge in [-0.05, 0) is 92.1 Å². The number of alkyl halides is 1. The lowest BCUT2D eigenvalue weighted by atomic mass is 9.83. The Labute approximate surface area is 240 Å².